The molecule has 166 valence electrons. The smallest absolute Gasteiger partial charge is 0.283 e. The van der Waals surface area contributed by atoms with Crippen molar-refractivity contribution in [3.05, 3.63) is 88.1 Å². The third kappa shape index (κ3) is 4.55. The van der Waals surface area contributed by atoms with Crippen LogP contribution in [0.4, 0.5) is 11.5 Å². The lowest BCUT2D eigenvalue weighted by atomic mass is 10.1. The van der Waals surface area contributed by atoms with Crippen molar-refractivity contribution in [1.29, 1.82) is 0 Å². The van der Waals surface area contributed by atoms with Crippen LogP contribution in [0.5, 0.6) is 0 Å². The van der Waals surface area contributed by atoms with Crippen molar-refractivity contribution in [1.82, 2.24) is 9.38 Å². The molecule has 9 nitrogen and oxygen atoms in total. The van der Waals surface area contributed by atoms with Crippen molar-refractivity contribution in [2.75, 3.05) is 11.1 Å². The second-order valence-corrected chi connectivity index (χ2v) is 8.22. The van der Waals surface area contributed by atoms with Gasteiger partial charge in [0.05, 0.1) is 15.6 Å². The lowest BCUT2D eigenvalue weighted by molar-refractivity contribution is -0.387. The highest BCUT2D eigenvalue weighted by molar-refractivity contribution is 8.00. The molecule has 33 heavy (non-hydrogen) atoms. The Morgan fingerprint density at radius 1 is 1.15 bits per heavy atom. The van der Waals surface area contributed by atoms with Gasteiger partial charge in [-0.05, 0) is 30.7 Å². The summed E-state index contributed by atoms with van der Waals surface area (Å²) in [6.07, 6.45) is 1.82. The molecule has 0 saturated carbocycles. The molecule has 0 aliphatic rings. The predicted octanol–water partition coefficient (Wildman–Crippen LogP) is 4.05. The maximum atomic E-state index is 12.8. The average molecular weight is 462 g/mol. The summed E-state index contributed by atoms with van der Waals surface area (Å²) in [5.74, 6) is -0.675. The molecule has 0 aliphatic heterocycles. The van der Waals surface area contributed by atoms with Crippen molar-refractivity contribution < 1.29 is 14.5 Å². The highest BCUT2D eigenvalue weighted by atomic mass is 32.2. The zero-order chi connectivity index (χ0) is 23.5. The molecule has 2 aromatic carbocycles. The average Bonchev–Trinajstić information content (AvgIpc) is 3.17. The number of carbonyl (C=O) groups is 2. The molecule has 0 unspecified atom stereocenters. The van der Waals surface area contributed by atoms with Gasteiger partial charge in [-0.25, -0.2) is 4.98 Å². The summed E-state index contributed by atoms with van der Waals surface area (Å²) in [5, 5.41) is 14.3. The maximum absolute atomic E-state index is 12.8. The summed E-state index contributed by atoms with van der Waals surface area (Å²) in [6, 6.07) is 17.2. The Morgan fingerprint density at radius 2 is 1.91 bits per heavy atom. The summed E-state index contributed by atoms with van der Waals surface area (Å²) in [4.78, 5) is 40.0. The Bertz CT molecular complexity index is 1380. The molecule has 4 aromatic rings. The third-order valence-electron chi connectivity index (χ3n) is 4.95. The predicted molar refractivity (Wildman–Crippen MR) is 126 cm³/mol. The molecule has 0 atom stereocenters. The van der Waals surface area contributed by atoms with E-state index in [1.54, 1.807) is 0 Å². The van der Waals surface area contributed by atoms with Crippen LogP contribution in [0, 0.1) is 17.0 Å². The van der Waals surface area contributed by atoms with Gasteiger partial charge >= 0.3 is 0 Å². The lowest BCUT2D eigenvalue weighted by Crippen LogP contribution is -2.16. The van der Waals surface area contributed by atoms with Gasteiger partial charge in [-0.1, -0.05) is 36.4 Å². The SMILES string of the molecule is Cc1cccn2c(NC(=O)CSc3ccc(C(N)=O)cc3[N+](=O)[O-])c(-c3ccccc3)nc12. The number of nitro benzene ring substituents is 1. The number of hydrogen-bond acceptors (Lipinski definition) is 6. The molecule has 0 bridgehead atoms. The number of nitro groups is 1. The van der Waals surface area contributed by atoms with Crippen LogP contribution >= 0.6 is 11.8 Å². The van der Waals surface area contributed by atoms with Crippen LogP contribution < -0.4 is 11.1 Å². The number of thioether (sulfide) groups is 1. The number of hydrogen-bond donors (Lipinski definition) is 2. The molecule has 10 heteroatoms. The molecule has 2 heterocycles. The summed E-state index contributed by atoms with van der Waals surface area (Å²) in [6.45, 7) is 1.94. The quantitative estimate of drug-likeness (QED) is 0.242. The first-order valence-electron chi connectivity index (χ1n) is 9.89. The number of fused-ring (bicyclic) bond motifs is 1. The Hall–Kier alpha value is -4.18. The fraction of sp³-hybridized carbons (Fsp3) is 0.0870. The van der Waals surface area contributed by atoms with Crippen molar-refractivity contribution in [3.63, 3.8) is 0 Å². The van der Waals surface area contributed by atoms with E-state index in [2.05, 4.69) is 5.32 Å². The second-order valence-electron chi connectivity index (χ2n) is 7.20. The normalized spacial score (nSPS) is 10.8. The number of pyridine rings is 1. The number of nitrogens with one attached hydrogen (secondary N) is 1. The van der Waals surface area contributed by atoms with E-state index < -0.39 is 10.8 Å². The number of amides is 2. The van der Waals surface area contributed by atoms with Crippen LogP contribution in [0.3, 0.4) is 0 Å². The number of carbonyl (C=O) groups excluding carboxylic acids is 2. The summed E-state index contributed by atoms with van der Waals surface area (Å²) in [7, 11) is 0. The Kier molecular flexibility index (Phi) is 6.09. The minimum atomic E-state index is -0.760. The molecule has 3 N–H and O–H groups in total. The van der Waals surface area contributed by atoms with Crippen molar-refractivity contribution in [2.45, 2.75) is 11.8 Å². The molecule has 2 aromatic heterocycles. The molecule has 0 spiro atoms. The van der Waals surface area contributed by atoms with Gasteiger partial charge in [-0.15, -0.1) is 11.8 Å². The highest BCUT2D eigenvalue weighted by Gasteiger charge is 2.20. The first-order valence-corrected chi connectivity index (χ1v) is 10.9. The number of primary amides is 1. The van der Waals surface area contributed by atoms with Crippen LogP contribution in [0.15, 0.2) is 71.8 Å². The van der Waals surface area contributed by atoms with E-state index in [4.69, 9.17) is 10.7 Å². The molecule has 0 fully saturated rings. The molecule has 0 radical (unpaired) electrons. The molecule has 0 saturated heterocycles. The fourth-order valence-corrected chi connectivity index (χ4v) is 4.17. The van der Waals surface area contributed by atoms with E-state index in [1.807, 2.05) is 60.0 Å². The van der Waals surface area contributed by atoms with Gasteiger partial charge in [0.15, 0.2) is 0 Å². The maximum Gasteiger partial charge on any atom is 0.283 e. The van der Waals surface area contributed by atoms with Crippen LogP contribution in [-0.4, -0.2) is 31.9 Å². The topological polar surface area (TPSA) is 133 Å². The molecular formula is C23H19N5O4S. The zero-order valence-electron chi connectivity index (χ0n) is 17.5. The molecule has 4 rings (SSSR count). The number of rotatable bonds is 7. The standard InChI is InChI=1S/C23H19N5O4S/c1-14-6-5-11-27-22(14)26-20(15-7-3-2-4-8-15)23(27)25-19(29)13-33-18-10-9-16(21(24)30)12-17(18)28(31)32/h2-12H,13H2,1H3,(H2,24,30)(H,25,29). The Labute approximate surface area is 192 Å². The number of benzene rings is 2. The number of nitrogens with zero attached hydrogens (tertiary/aromatic N) is 3. The summed E-state index contributed by atoms with van der Waals surface area (Å²) >= 11 is 1.00. The highest BCUT2D eigenvalue weighted by Crippen LogP contribution is 2.32. The second kappa shape index (κ2) is 9.13. The van der Waals surface area contributed by atoms with E-state index in [9.17, 15) is 19.7 Å². The first kappa shape index (κ1) is 22.0. The first-order chi connectivity index (χ1) is 15.8. The van der Waals surface area contributed by atoms with Crippen molar-refractivity contribution in [2.24, 2.45) is 5.73 Å². The van der Waals surface area contributed by atoms with Crippen LogP contribution in [0.1, 0.15) is 15.9 Å². The molecular weight excluding hydrogens is 442 g/mol. The third-order valence-corrected chi connectivity index (χ3v) is 6.01. The summed E-state index contributed by atoms with van der Waals surface area (Å²) < 4.78 is 1.81. The molecule has 0 aliphatic carbocycles. The van der Waals surface area contributed by atoms with Crippen molar-refractivity contribution >= 4 is 40.7 Å². The van der Waals surface area contributed by atoms with Gasteiger partial charge in [-0.3, -0.25) is 24.1 Å². The number of aryl methyl sites for hydroxylation is 1. The van der Waals surface area contributed by atoms with Crippen molar-refractivity contribution in [3.8, 4) is 11.3 Å². The van der Waals surface area contributed by atoms with E-state index >= 15 is 0 Å². The Balaban J connectivity index is 1.61. The summed E-state index contributed by atoms with van der Waals surface area (Å²) in [5.41, 5.74) is 8.11. The van der Waals surface area contributed by atoms with Crippen LogP contribution in [0.25, 0.3) is 16.9 Å². The fourth-order valence-electron chi connectivity index (χ4n) is 3.37. The van der Waals surface area contributed by atoms with Gasteiger partial charge in [0.2, 0.25) is 11.8 Å². The number of imidazole rings is 1. The van der Waals surface area contributed by atoms with E-state index in [0.717, 1.165) is 34.6 Å². The minimum absolute atomic E-state index is 0.0316. The van der Waals surface area contributed by atoms with E-state index in [-0.39, 0.29) is 27.8 Å². The van der Waals surface area contributed by atoms with Crippen LogP contribution in [-0.2, 0) is 4.79 Å². The van der Waals surface area contributed by atoms with E-state index in [1.165, 1.54) is 12.1 Å². The number of anilines is 1. The monoisotopic (exact) mass is 461 g/mol. The number of aromatic nitrogens is 2. The van der Waals surface area contributed by atoms with Gasteiger partial charge in [0.25, 0.3) is 5.69 Å². The Morgan fingerprint density at radius 3 is 2.61 bits per heavy atom. The number of nitrogens with two attached hydrogens (primary N) is 1. The van der Waals surface area contributed by atoms with Gasteiger partial charge in [-0.2, -0.15) is 0 Å². The van der Waals surface area contributed by atoms with E-state index in [0.29, 0.717) is 11.5 Å². The molecule has 2 amide bonds. The largest absolute Gasteiger partial charge is 0.366 e. The minimum Gasteiger partial charge on any atom is -0.366 e. The zero-order valence-corrected chi connectivity index (χ0v) is 18.3. The van der Waals surface area contributed by atoms with Gasteiger partial charge < -0.3 is 11.1 Å². The lowest BCUT2D eigenvalue weighted by Gasteiger charge is -2.09. The van der Waals surface area contributed by atoms with Gasteiger partial charge in [0.1, 0.15) is 17.2 Å². The van der Waals surface area contributed by atoms with Crippen LogP contribution in [0.2, 0.25) is 0 Å². The van der Waals surface area contributed by atoms with Gasteiger partial charge in [0, 0.05) is 23.4 Å².